The number of ether oxygens (including phenoxy) is 1. The van der Waals surface area contributed by atoms with Crippen LogP contribution in [0.4, 0.5) is 10.7 Å². The standard InChI is InChI=1S/C23H23N5O3/c1-16-11-12-24-22(26-16)27-23(29)25-14-18-13-19(31-28-18)15-30-21-10-6-5-9-20(21)17-7-3-2-4-8-17/h2-12,19H,13-15H2,1H3,(H2,24,25,26,27,29). The molecule has 4 rings (SSSR count). The van der Waals surface area contributed by atoms with Crippen LogP contribution in [-0.4, -0.2) is 41.0 Å². The summed E-state index contributed by atoms with van der Waals surface area (Å²) in [7, 11) is 0. The molecule has 2 N–H and O–H groups in total. The van der Waals surface area contributed by atoms with Gasteiger partial charge in [0.15, 0.2) is 6.10 Å². The number of nitrogens with one attached hydrogen (secondary N) is 2. The van der Waals surface area contributed by atoms with Crippen molar-refractivity contribution in [2.75, 3.05) is 18.5 Å². The van der Waals surface area contributed by atoms with Crippen molar-refractivity contribution in [1.82, 2.24) is 15.3 Å². The summed E-state index contributed by atoms with van der Waals surface area (Å²) < 4.78 is 6.03. The lowest BCUT2D eigenvalue weighted by atomic mass is 10.0. The first-order valence-electron chi connectivity index (χ1n) is 10.0. The number of aromatic nitrogens is 2. The maximum absolute atomic E-state index is 12.0. The maximum atomic E-state index is 12.0. The zero-order valence-corrected chi connectivity index (χ0v) is 17.1. The molecule has 2 amide bonds. The zero-order valence-electron chi connectivity index (χ0n) is 17.1. The Kier molecular flexibility index (Phi) is 6.37. The van der Waals surface area contributed by atoms with E-state index in [1.165, 1.54) is 0 Å². The Labute approximate surface area is 180 Å². The van der Waals surface area contributed by atoms with Crippen LogP contribution < -0.4 is 15.4 Å². The quantitative estimate of drug-likeness (QED) is 0.609. The molecule has 31 heavy (non-hydrogen) atoms. The van der Waals surface area contributed by atoms with Gasteiger partial charge >= 0.3 is 6.03 Å². The summed E-state index contributed by atoms with van der Waals surface area (Å²) in [6.07, 6.45) is 1.96. The molecule has 8 heteroatoms. The van der Waals surface area contributed by atoms with E-state index in [0.29, 0.717) is 13.0 Å². The summed E-state index contributed by atoms with van der Waals surface area (Å²) in [5, 5.41) is 9.40. The molecule has 0 aliphatic carbocycles. The minimum atomic E-state index is -0.398. The van der Waals surface area contributed by atoms with Crippen LogP contribution in [0.25, 0.3) is 11.1 Å². The van der Waals surface area contributed by atoms with Crippen molar-refractivity contribution in [2.24, 2.45) is 5.16 Å². The largest absolute Gasteiger partial charge is 0.489 e. The molecule has 0 bridgehead atoms. The van der Waals surface area contributed by atoms with E-state index in [4.69, 9.17) is 9.57 Å². The van der Waals surface area contributed by atoms with Gasteiger partial charge in [-0.1, -0.05) is 53.7 Å². The number of amides is 2. The van der Waals surface area contributed by atoms with Crippen LogP contribution in [0.5, 0.6) is 5.75 Å². The van der Waals surface area contributed by atoms with Crippen LogP contribution >= 0.6 is 0 Å². The van der Waals surface area contributed by atoms with E-state index >= 15 is 0 Å². The van der Waals surface area contributed by atoms with Crippen LogP contribution in [-0.2, 0) is 4.84 Å². The Morgan fingerprint density at radius 2 is 1.94 bits per heavy atom. The number of benzene rings is 2. The molecule has 158 valence electrons. The van der Waals surface area contributed by atoms with Gasteiger partial charge in [0, 0.05) is 23.9 Å². The first kappa shape index (κ1) is 20.3. The van der Waals surface area contributed by atoms with Gasteiger partial charge in [0.1, 0.15) is 12.4 Å². The van der Waals surface area contributed by atoms with Crippen molar-refractivity contribution in [3.8, 4) is 16.9 Å². The minimum Gasteiger partial charge on any atom is -0.489 e. The van der Waals surface area contributed by atoms with E-state index in [1.807, 2.05) is 61.5 Å². The van der Waals surface area contributed by atoms with E-state index < -0.39 is 6.03 Å². The van der Waals surface area contributed by atoms with E-state index in [1.54, 1.807) is 12.3 Å². The monoisotopic (exact) mass is 417 g/mol. The maximum Gasteiger partial charge on any atom is 0.321 e. The number of urea groups is 1. The van der Waals surface area contributed by atoms with Gasteiger partial charge in [0.25, 0.3) is 0 Å². The number of rotatable bonds is 7. The predicted molar refractivity (Wildman–Crippen MR) is 118 cm³/mol. The highest BCUT2D eigenvalue weighted by molar-refractivity contribution is 5.94. The molecule has 8 nitrogen and oxygen atoms in total. The van der Waals surface area contributed by atoms with Crippen LogP contribution in [0.15, 0.2) is 72.0 Å². The van der Waals surface area contributed by atoms with Crippen LogP contribution in [0.2, 0.25) is 0 Å². The summed E-state index contributed by atoms with van der Waals surface area (Å²) in [5.41, 5.74) is 3.63. The summed E-state index contributed by atoms with van der Waals surface area (Å²) in [6, 6.07) is 19.4. The molecule has 0 saturated carbocycles. The number of para-hydroxylation sites is 1. The van der Waals surface area contributed by atoms with E-state index in [9.17, 15) is 4.79 Å². The molecule has 1 aliphatic rings. The Morgan fingerprint density at radius 3 is 2.77 bits per heavy atom. The molecule has 0 spiro atoms. The number of carbonyl (C=O) groups is 1. The topological polar surface area (TPSA) is 97.7 Å². The number of aryl methyl sites for hydroxylation is 1. The average molecular weight is 417 g/mol. The first-order chi connectivity index (χ1) is 15.2. The molecular formula is C23H23N5O3. The summed E-state index contributed by atoms with van der Waals surface area (Å²) >= 11 is 0. The second-order valence-corrected chi connectivity index (χ2v) is 7.09. The normalized spacial score (nSPS) is 15.0. The first-order valence-corrected chi connectivity index (χ1v) is 10.0. The SMILES string of the molecule is Cc1ccnc(NC(=O)NCC2=NOC(COc3ccccc3-c3ccccc3)C2)n1. The van der Waals surface area contributed by atoms with Crippen molar-refractivity contribution in [3.05, 3.63) is 72.6 Å². The molecular weight excluding hydrogens is 394 g/mol. The number of hydrogen-bond acceptors (Lipinski definition) is 6. The lowest BCUT2D eigenvalue weighted by Crippen LogP contribution is -2.34. The molecule has 1 atom stereocenters. The Balaban J connectivity index is 1.24. The van der Waals surface area contributed by atoms with E-state index in [-0.39, 0.29) is 18.6 Å². The van der Waals surface area contributed by atoms with Gasteiger partial charge in [-0.05, 0) is 24.6 Å². The number of hydrogen-bond donors (Lipinski definition) is 2. The van der Waals surface area contributed by atoms with Gasteiger partial charge in [0.05, 0.1) is 12.3 Å². The third-order valence-corrected chi connectivity index (χ3v) is 4.66. The Hall–Kier alpha value is -3.94. The van der Waals surface area contributed by atoms with Crippen molar-refractivity contribution in [2.45, 2.75) is 19.4 Å². The van der Waals surface area contributed by atoms with E-state index in [0.717, 1.165) is 28.3 Å². The second kappa shape index (κ2) is 9.71. The number of oxime groups is 1. The highest BCUT2D eigenvalue weighted by Crippen LogP contribution is 2.30. The highest BCUT2D eigenvalue weighted by atomic mass is 16.7. The van der Waals surface area contributed by atoms with Gasteiger partial charge in [0.2, 0.25) is 5.95 Å². The summed E-state index contributed by atoms with van der Waals surface area (Å²) in [5.74, 6) is 1.05. The zero-order chi connectivity index (χ0) is 21.5. The minimum absolute atomic E-state index is 0.205. The summed E-state index contributed by atoms with van der Waals surface area (Å²) in [6.45, 7) is 2.46. The predicted octanol–water partition coefficient (Wildman–Crippen LogP) is 3.80. The fourth-order valence-corrected chi connectivity index (χ4v) is 3.15. The lowest BCUT2D eigenvalue weighted by molar-refractivity contribution is 0.0472. The third kappa shape index (κ3) is 5.57. The smallest absolute Gasteiger partial charge is 0.321 e. The van der Waals surface area contributed by atoms with Gasteiger partial charge in [-0.3, -0.25) is 5.32 Å². The molecule has 1 unspecified atom stereocenters. The fraction of sp³-hybridized carbons (Fsp3) is 0.217. The van der Waals surface area contributed by atoms with E-state index in [2.05, 4.69) is 25.8 Å². The molecule has 2 heterocycles. The highest BCUT2D eigenvalue weighted by Gasteiger charge is 2.22. The van der Waals surface area contributed by atoms with Crippen molar-refractivity contribution in [1.29, 1.82) is 0 Å². The summed E-state index contributed by atoms with van der Waals surface area (Å²) in [4.78, 5) is 25.6. The molecule has 0 saturated heterocycles. The van der Waals surface area contributed by atoms with Crippen molar-refractivity contribution >= 4 is 17.7 Å². The van der Waals surface area contributed by atoms with Crippen LogP contribution in [0.1, 0.15) is 12.1 Å². The van der Waals surface area contributed by atoms with Gasteiger partial charge < -0.3 is 14.9 Å². The van der Waals surface area contributed by atoms with Crippen LogP contribution in [0, 0.1) is 6.92 Å². The van der Waals surface area contributed by atoms with Gasteiger partial charge in [-0.25, -0.2) is 14.8 Å². The number of nitrogens with zero attached hydrogens (tertiary/aromatic N) is 3. The number of anilines is 1. The molecule has 1 aliphatic heterocycles. The molecule has 1 aromatic heterocycles. The lowest BCUT2D eigenvalue weighted by Gasteiger charge is -2.14. The molecule has 0 radical (unpaired) electrons. The fourth-order valence-electron chi connectivity index (χ4n) is 3.15. The Morgan fingerprint density at radius 1 is 1.13 bits per heavy atom. The molecule has 3 aromatic rings. The van der Waals surface area contributed by atoms with Crippen LogP contribution in [0.3, 0.4) is 0 Å². The molecule has 0 fully saturated rings. The van der Waals surface area contributed by atoms with Crippen molar-refractivity contribution in [3.63, 3.8) is 0 Å². The third-order valence-electron chi connectivity index (χ3n) is 4.66. The second-order valence-electron chi connectivity index (χ2n) is 7.09. The van der Waals surface area contributed by atoms with Gasteiger partial charge in [-0.15, -0.1) is 0 Å². The number of carbonyl (C=O) groups excluding carboxylic acids is 1. The molecule has 2 aromatic carbocycles. The van der Waals surface area contributed by atoms with Crippen molar-refractivity contribution < 1.29 is 14.4 Å². The average Bonchev–Trinajstić information content (AvgIpc) is 3.25. The van der Waals surface area contributed by atoms with Gasteiger partial charge in [-0.2, -0.15) is 0 Å². The Bertz CT molecular complexity index is 1070.